The Labute approximate surface area is 159 Å². The molecular formula is C20H25NO6. The van der Waals surface area contributed by atoms with Gasteiger partial charge in [0.15, 0.2) is 23.0 Å². The van der Waals surface area contributed by atoms with Crippen molar-refractivity contribution in [3.05, 3.63) is 41.5 Å². The van der Waals surface area contributed by atoms with Crippen molar-refractivity contribution in [3.63, 3.8) is 0 Å². The molecule has 7 heteroatoms. The number of nitrogens with one attached hydrogen (secondary N) is 1. The van der Waals surface area contributed by atoms with Gasteiger partial charge >= 0.3 is 0 Å². The number of hydrogen-bond acceptors (Lipinski definition) is 6. The fourth-order valence-electron chi connectivity index (χ4n) is 2.78. The maximum absolute atomic E-state index is 12.8. The summed E-state index contributed by atoms with van der Waals surface area (Å²) in [5.41, 5.74) is 1.19. The van der Waals surface area contributed by atoms with Gasteiger partial charge in [0.2, 0.25) is 5.75 Å². The highest BCUT2D eigenvalue weighted by Gasteiger charge is 2.21. The van der Waals surface area contributed by atoms with Crippen LogP contribution in [0, 0.1) is 0 Å². The smallest absolute Gasteiger partial charge is 0.255 e. The van der Waals surface area contributed by atoms with E-state index < -0.39 is 0 Å². The molecule has 0 aliphatic heterocycles. The zero-order valence-corrected chi connectivity index (χ0v) is 16.4. The Kier molecular flexibility index (Phi) is 6.76. The van der Waals surface area contributed by atoms with Crippen molar-refractivity contribution in [1.29, 1.82) is 0 Å². The second kappa shape index (κ2) is 9.02. The molecule has 146 valence electrons. The first-order chi connectivity index (χ1) is 13.0. The minimum atomic E-state index is -0.317. The van der Waals surface area contributed by atoms with Crippen molar-refractivity contribution in [2.24, 2.45) is 0 Å². The van der Waals surface area contributed by atoms with Crippen LogP contribution >= 0.6 is 0 Å². The van der Waals surface area contributed by atoms with Gasteiger partial charge in [0.05, 0.1) is 47.2 Å². The highest BCUT2D eigenvalue weighted by Crippen LogP contribution is 2.39. The van der Waals surface area contributed by atoms with Crippen molar-refractivity contribution in [3.8, 4) is 28.7 Å². The number of carbonyl (C=O) groups is 1. The van der Waals surface area contributed by atoms with Gasteiger partial charge in [-0.3, -0.25) is 4.79 Å². The van der Waals surface area contributed by atoms with Crippen molar-refractivity contribution < 1.29 is 28.5 Å². The van der Waals surface area contributed by atoms with Crippen molar-refractivity contribution in [2.45, 2.75) is 13.0 Å². The van der Waals surface area contributed by atoms with Crippen LogP contribution in [0.1, 0.15) is 28.9 Å². The molecular weight excluding hydrogens is 350 g/mol. The fraction of sp³-hybridized carbons (Fsp3) is 0.350. The zero-order chi connectivity index (χ0) is 20.0. The van der Waals surface area contributed by atoms with Crippen LogP contribution in [0.4, 0.5) is 0 Å². The van der Waals surface area contributed by atoms with Crippen molar-refractivity contribution in [2.75, 3.05) is 35.5 Å². The SMILES string of the molecule is COc1cc(C(C)NC(=O)c2cccc(OC)c2OC)cc(OC)c1OC. The average Bonchev–Trinajstić information content (AvgIpc) is 2.71. The van der Waals surface area contributed by atoms with Gasteiger partial charge < -0.3 is 29.0 Å². The summed E-state index contributed by atoms with van der Waals surface area (Å²) >= 11 is 0. The zero-order valence-electron chi connectivity index (χ0n) is 16.4. The molecule has 1 N–H and O–H groups in total. The van der Waals surface area contributed by atoms with E-state index in [-0.39, 0.29) is 11.9 Å². The van der Waals surface area contributed by atoms with Gasteiger partial charge in [-0.25, -0.2) is 0 Å². The Hall–Kier alpha value is -3.09. The number of ether oxygens (including phenoxy) is 5. The number of para-hydroxylation sites is 1. The number of rotatable bonds is 8. The minimum absolute atomic E-state index is 0.285. The third-order valence-electron chi connectivity index (χ3n) is 4.18. The van der Waals surface area contributed by atoms with Gasteiger partial charge in [0, 0.05) is 0 Å². The molecule has 0 aliphatic rings. The number of amides is 1. The Morgan fingerprint density at radius 3 is 1.85 bits per heavy atom. The van der Waals surface area contributed by atoms with E-state index in [1.54, 1.807) is 51.7 Å². The highest BCUT2D eigenvalue weighted by atomic mass is 16.5. The Morgan fingerprint density at radius 2 is 1.37 bits per heavy atom. The van der Waals surface area contributed by atoms with Crippen LogP contribution in [-0.4, -0.2) is 41.5 Å². The fourth-order valence-corrected chi connectivity index (χ4v) is 2.78. The Morgan fingerprint density at radius 1 is 0.815 bits per heavy atom. The molecule has 0 spiro atoms. The van der Waals surface area contributed by atoms with Crippen LogP contribution in [0.5, 0.6) is 28.7 Å². The summed E-state index contributed by atoms with van der Waals surface area (Å²) in [4.78, 5) is 12.8. The van der Waals surface area contributed by atoms with Crippen LogP contribution in [0.2, 0.25) is 0 Å². The largest absolute Gasteiger partial charge is 0.493 e. The van der Waals surface area contributed by atoms with Gasteiger partial charge in [-0.15, -0.1) is 0 Å². The molecule has 2 aromatic rings. The Bertz CT molecular complexity index is 780. The molecule has 1 amide bonds. The molecule has 0 fully saturated rings. The van der Waals surface area contributed by atoms with E-state index in [2.05, 4.69) is 5.32 Å². The van der Waals surface area contributed by atoms with Gasteiger partial charge in [-0.2, -0.15) is 0 Å². The molecule has 0 saturated heterocycles. The molecule has 0 aliphatic carbocycles. The van der Waals surface area contributed by atoms with Crippen molar-refractivity contribution >= 4 is 5.91 Å². The van der Waals surface area contributed by atoms with Crippen LogP contribution in [0.15, 0.2) is 30.3 Å². The van der Waals surface area contributed by atoms with Crippen LogP contribution in [0.3, 0.4) is 0 Å². The first-order valence-electron chi connectivity index (χ1n) is 8.32. The predicted molar refractivity (Wildman–Crippen MR) is 102 cm³/mol. The Balaban J connectivity index is 2.32. The van der Waals surface area contributed by atoms with E-state index in [9.17, 15) is 4.79 Å². The third kappa shape index (κ3) is 4.19. The number of methoxy groups -OCH3 is 5. The molecule has 0 aromatic heterocycles. The van der Waals surface area contributed by atoms with E-state index in [0.717, 1.165) is 5.56 Å². The lowest BCUT2D eigenvalue weighted by molar-refractivity contribution is 0.0936. The summed E-state index contributed by atoms with van der Waals surface area (Å²) in [6.45, 7) is 1.87. The van der Waals surface area contributed by atoms with E-state index >= 15 is 0 Å². The summed E-state index contributed by atoms with van der Waals surface area (Å²) in [6, 6.07) is 8.43. The third-order valence-corrected chi connectivity index (χ3v) is 4.18. The lowest BCUT2D eigenvalue weighted by Crippen LogP contribution is -2.27. The number of hydrogen-bond donors (Lipinski definition) is 1. The van der Waals surface area contributed by atoms with Gasteiger partial charge in [0.25, 0.3) is 5.91 Å². The van der Waals surface area contributed by atoms with Gasteiger partial charge in [-0.05, 0) is 36.8 Å². The normalized spacial score (nSPS) is 11.3. The summed E-state index contributed by atoms with van der Waals surface area (Å²) < 4.78 is 26.7. The molecule has 0 heterocycles. The topological polar surface area (TPSA) is 75.3 Å². The lowest BCUT2D eigenvalue weighted by Gasteiger charge is -2.19. The van der Waals surface area contributed by atoms with E-state index in [1.807, 2.05) is 6.92 Å². The van der Waals surface area contributed by atoms with Crippen LogP contribution in [-0.2, 0) is 0 Å². The van der Waals surface area contributed by atoms with Crippen LogP contribution < -0.4 is 29.0 Å². The van der Waals surface area contributed by atoms with E-state index in [1.165, 1.54) is 14.2 Å². The quantitative estimate of drug-likeness (QED) is 0.764. The van der Waals surface area contributed by atoms with Crippen molar-refractivity contribution in [1.82, 2.24) is 5.32 Å². The highest BCUT2D eigenvalue weighted by molar-refractivity contribution is 5.98. The predicted octanol–water partition coefficient (Wildman–Crippen LogP) is 3.22. The van der Waals surface area contributed by atoms with E-state index in [0.29, 0.717) is 34.3 Å². The lowest BCUT2D eigenvalue weighted by atomic mass is 10.1. The van der Waals surface area contributed by atoms with Gasteiger partial charge in [0.1, 0.15) is 0 Å². The molecule has 1 atom stereocenters. The molecule has 1 unspecified atom stereocenters. The average molecular weight is 375 g/mol. The first-order valence-corrected chi connectivity index (χ1v) is 8.32. The van der Waals surface area contributed by atoms with Gasteiger partial charge in [-0.1, -0.05) is 6.07 Å². The molecule has 0 saturated carbocycles. The standard InChI is InChI=1S/C20H25NO6/c1-12(13-10-16(24-3)19(27-6)17(11-13)25-4)21-20(22)14-8-7-9-15(23-2)18(14)26-5/h7-12H,1-6H3,(H,21,22). The maximum Gasteiger partial charge on any atom is 0.255 e. The molecule has 0 radical (unpaired) electrons. The van der Waals surface area contributed by atoms with E-state index in [4.69, 9.17) is 23.7 Å². The summed E-state index contributed by atoms with van der Waals surface area (Å²) in [7, 11) is 7.66. The second-order valence-electron chi connectivity index (χ2n) is 5.69. The molecule has 2 rings (SSSR count). The second-order valence-corrected chi connectivity index (χ2v) is 5.69. The minimum Gasteiger partial charge on any atom is -0.493 e. The monoisotopic (exact) mass is 375 g/mol. The summed E-state index contributed by atoms with van der Waals surface area (Å²) in [5.74, 6) is 2.13. The number of carbonyl (C=O) groups excluding carboxylic acids is 1. The first kappa shape index (κ1) is 20.2. The summed E-state index contributed by atoms with van der Waals surface area (Å²) in [6.07, 6.45) is 0. The molecule has 2 aromatic carbocycles. The summed E-state index contributed by atoms with van der Waals surface area (Å²) in [5, 5.41) is 2.95. The number of benzene rings is 2. The van der Waals surface area contributed by atoms with Crippen LogP contribution in [0.25, 0.3) is 0 Å². The maximum atomic E-state index is 12.8. The molecule has 0 bridgehead atoms. The molecule has 27 heavy (non-hydrogen) atoms. The molecule has 7 nitrogen and oxygen atoms in total.